The number of carbonyl (C=O) groups is 1. The third kappa shape index (κ3) is 3.87. The minimum absolute atomic E-state index is 0.194. The first-order valence-electron chi connectivity index (χ1n) is 7.54. The van der Waals surface area contributed by atoms with Crippen molar-refractivity contribution in [2.75, 3.05) is 26.0 Å². The molecule has 1 atom stereocenters. The summed E-state index contributed by atoms with van der Waals surface area (Å²) in [6.07, 6.45) is 3.00. The molecular formula is C16H23NO4S. The lowest BCUT2D eigenvalue weighted by atomic mass is 9.75. The van der Waals surface area contributed by atoms with Crippen LogP contribution < -0.4 is 0 Å². The molecule has 0 bridgehead atoms. The van der Waals surface area contributed by atoms with Crippen molar-refractivity contribution < 1.29 is 17.9 Å². The van der Waals surface area contributed by atoms with Crippen molar-refractivity contribution in [3.8, 4) is 0 Å². The SMILES string of the molecule is CCOC(=O)[C@@]1(Cc2ccccc2)CCCN(S(C)(=O)=O)C1. The van der Waals surface area contributed by atoms with Crippen molar-refractivity contribution >= 4 is 16.0 Å². The molecule has 1 aromatic rings. The van der Waals surface area contributed by atoms with E-state index in [9.17, 15) is 13.2 Å². The lowest BCUT2D eigenvalue weighted by Crippen LogP contribution is -2.51. The molecule has 2 rings (SSSR count). The van der Waals surface area contributed by atoms with Crippen LogP contribution in [0.2, 0.25) is 0 Å². The maximum absolute atomic E-state index is 12.6. The predicted molar refractivity (Wildman–Crippen MR) is 84.9 cm³/mol. The first-order chi connectivity index (χ1) is 10.4. The summed E-state index contributed by atoms with van der Waals surface area (Å²) < 4.78 is 30.4. The van der Waals surface area contributed by atoms with Gasteiger partial charge in [-0.15, -0.1) is 0 Å². The molecule has 122 valence electrons. The number of hydrogen-bond acceptors (Lipinski definition) is 4. The quantitative estimate of drug-likeness (QED) is 0.775. The lowest BCUT2D eigenvalue weighted by molar-refractivity contribution is -0.157. The predicted octanol–water partition coefficient (Wildman–Crippen LogP) is 1.83. The number of hydrogen-bond donors (Lipinski definition) is 0. The minimum atomic E-state index is -3.31. The number of carbonyl (C=O) groups excluding carboxylic acids is 1. The van der Waals surface area contributed by atoms with E-state index >= 15 is 0 Å². The largest absolute Gasteiger partial charge is 0.466 e. The molecule has 1 aromatic carbocycles. The molecule has 1 aliphatic heterocycles. The van der Waals surface area contributed by atoms with Crippen molar-refractivity contribution in [3.05, 3.63) is 35.9 Å². The Kier molecular flexibility index (Phi) is 5.24. The molecule has 0 amide bonds. The fourth-order valence-corrected chi connectivity index (χ4v) is 3.97. The second-order valence-electron chi connectivity index (χ2n) is 5.86. The molecule has 0 unspecified atom stereocenters. The fraction of sp³-hybridized carbons (Fsp3) is 0.562. The summed E-state index contributed by atoms with van der Waals surface area (Å²) in [4.78, 5) is 12.6. The maximum Gasteiger partial charge on any atom is 0.313 e. The molecular weight excluding hydrogens is 302 g/mol. The van der Waals surface area contributed by atoms with Crippen molar-refractivity contribution in [2.45, 2.75) is 26.2 Å². The second kappa shape index (κ2) is 6.79. The van der Waals surface area contributed by atoms with Gasteiger partial charge in [0.25, 0.3) is 0 Å². The molecule has 0 N–H and O–H groups in total. The smallest absolute Gasteiger partial charge is 0.313 e. The molecule has 1 aliphatic rings. The van der Waals surface area contributed by atoms with Crippen LogP contribution in [0.4, 0.5) is 0 Å². The van der Waals surface area contributed by atoms with E-state index in [2.05, 4.69) is 0 Å². The van der Waals surface area contributed by atoms with Crippen LogP contribution in [0.3, 0.4) is 0 Å². The average molecular weight is 325 g/mol. The van der Waals surface area contributed by atoms with Crippen LogP contribution in [0.5, 0.6) is 0 Å². The van der Waals surface area contributed by atoms with E-state index in [1.54, 1.807) is 6.92 Å². The summed E-state index contributed by atoms with van der Waals surface area (Å²) in [5.41, 5.74) is 0.226. The summed E-state index contributed by atoms with van der Waals surface area (Å²) >= 11 is 0. The van der Waals surface area contributed by atoms with Crippen molar-refractivity contribution in [2.24, 2.45) is 5.41 Å². The Balaban J connectivity index is 2.31. The minimum Gasteiger partial charge on any atom is -0.466 e. The zero-order chi connectivity index (χ0) is 16.2. The summed E-state index contributed by atoms with van der Waals surface area (Å²) in [5.74, 6) is -0.299. The average Bonchev–Trinajstić information content (AvgIpc) is 2.48. The Hall–Kier alpha value is -1.40. The van der Waals surface area contributed by atoms with Gasteiger partial charge in [-0.3, -0.25) is 4.79 Å². The molecule has 22 heavy (non-hydrogen) atoms. The molecule has 6 heteroatoms. The third-order valence-corrected chi connectivity index (χ3v) is 5.35. The van der Waals surface area contributed by atoms with E-state index in [1.807, 2.05) is 30.3 Å². The van der Waals surface area contributed by atoms with Gasteiger partial charge >= 0.3 is 5.97 Å². The summed E-state index contributed by atoms with van der Waals surface area (Å²) in [6.45, 7) is 2.73. The number of ether oxygens (including phenoxy) is 1. The summed E-state index contributed by atoms with van der Waals surface area (Å²) in [7, 11) is -3.31. The van der Waals surface area contributed by atoms with Crippen molar-refractivity contribution in [3.63, 3.8) is 0 Å². The van der Waals surface area contributed by atoms with Gasteiger partial charge in [0.05, 0.1) is 18.3 Å². The Morgan fingerprint density at radius 3 is 2.59 bits per heavy atom. The number of piperidine rings is 1. The molecule has 1 heterocycles. The highest BCUT2D eigenvalue weighted by Gasteiger charge is 2.45. The highest BCUT2D eigenvalue weighted by atomic mass is 32.2. The van der Waals surface area contributed by atoms with Gasteiger partial charge < -0.3 is 4.74 Å². The van der Waals surface area contributed by atoms with Gasteiger partial charge in [-0.1, -0.05) is 30.3 Å². The summed E-state index contributed by atoms with van der Waals surface area (Å²) in [6, 6.07) is 9.68. The van der Waals surface area contributed by atoms with Gasteiger partial charge in [0, 0.05) is 13.1 Å². The van der Waals surface area contributed by atoms with Crippen LogP contribution in [0.15, 0.2) is 30.3 Å². The topological polar surface area (TPSA) is 63.7 Å². The summed E-state index contributed by atoms with van der Waals surface area (Å²) in [5, 5.41) is 0. The molecule has 0 aromatic heterocycles. The normalized spacial score (nSPS) is 23.2. The fourth-order valence-electron chi connectivity index (χ4n) is 3.03. The van der Waals surface area contributed by atoms with Gasteiger partial charge in [0.2, 0.25) is 10.0 Å². The van der Waals surface area contributed by atoms with Crippen LogP contribution >= 0.6 is 0 Å². The number of sulfonamides is 1. The Bertz CT molecular complexity index is 614. The maximum atomic E-state index is 12.6. The second-order valence-corrected chi connectivity index (χ2v) is 7.85. The zero-order valence-corrected chi connectivity index (χ0v) is 13.9. The first kappa shape index (κ1) is 17.0. The highest BCUT2D eigenvalue weighted by molar-refractivity contribution is 7.88. The third-order valence-electron chi connectivity index (χ3n) is 4.10. The Labute approximate surface area is 132 Å². The standard InChI is InChI=1S/C16H23NO4S/c1-3-21-15(18)16(12-14-8-5-4-6-9-14)10-7-11-17(13-16)22(2,19)20/h4-6,8-9H,3,7,10-13H2,1-2H3/t16-/m1/s1. The van der Waals surface area contributed by atoms with Crippen LogP contribution in [-0.2, 0) is 26.0 Å². The van der Waals surface area contributed by atoms with E-state index in [0.29, 0.717) is 32.4 Å². The van der Waals surface area contributed by atoms with Gasteiger partial charge in [-0.25, -0.2) is 12.7 Å². The van der Waals surface area contributed by atoms with Gasteiger partial charge in [-0.05, 0) is 31.7 Å². The van der Waals surface area contributed by atoms with Crippen molar-refractivity contribution in [1.82, 2.24) is 4.31 Å². The van der Waals surface area contributed by atoms with Crippen molar-refractivity contribution in [1.29, 1.82) is 0 Å². The molecule has 0 aliphatic carbocycles. The van der Waals surface area contributed by atoms with E-state index in [1.165, 1.54) is 10.6 Å². The number of esters is 1. The molecule has 0 spiro atoms. The molecule has 0 saturated carbocycles. The number of nitrogens with zero attached hydrogens (tertiary/aromatic N) is 1. The van der Waals surface area contributed by atoms with Crippen LogP contribution in [0.1, 0.15) is 25.3 Å². The Morgan fingerprint density at radius 2 is 2.00 bits per heavy atom. The molecule has 1 saturated heterocycles. The lowest BCUT2D eigenvalue weighted by Gasteiger charge is -2.39. The van der Waals surface area contributed by atoms with Gasteiger partial charge in [0.1, 0.15) is 0 Å². The molecule has 5 nitrogen and oxygen atoms in total. The van der Waals surface area contributed by atoms with Crippen LogP contribution in [0, 0.1) is 5.41 Å². The number of rotatable bonds is 5. The monoisotopic (exact) mass is 325 g/mol. The van der Waals surface area contributed by atoms with E-state index in [0.717, 1.165) is 5.56 Å². The first-order valence-corrected chi connectivity index (χ1v) is 9.38. The highest BCUT2D eigenvalue weighted by Crippen LogP contribution is 2.36. The number of benzene rings is 1. The zero-order valence-electron chi connectivity index (χ0n) is 13.1. The van der Waals surface area contributed by atoms with Gasteiger partial charge in [0.15, 0.2) is 0 Å². The van der Waals surface area contributed by atoms with Crippen LogP contribution in [0.25, 0.3) is 0 Å². The Morgan fingerprint density at radius 1 is 1.32 bits per heavy atom. The van der Waals surface area contributed by atoms with E-state index < -0.39 is 15.4 Å². The van der Waals surface area contributed by atoms with Gasteiger partial charge in [-0.2, -0.15) is 0 Å². The molecule has 0 radical (unpaired) electrons. The van der Waals surface area contributed by atoms with E-state index in [-0.39, 0.29) is 12.5 Å². The van der Waals surface area contributed by atoms with E-state index in [4.69, 9.17) is 4.74 Å². The molecule has 1 fully saturated rings. The van der Waals surface area contributed by atoms with Crippen LogP contribution in [-0.4, -0.2) is 44.6 Å².